The zero-order chi connectivity index (χ0) is 13.2. The molecule has 0 aliphatic rings. The highest BCUT2D eigenvalue weighted by atomic mass is 15.3. The van der Waals surface area contributed by atoms with Gasteiger partial charge >= 0.3 is 0 Å². The number of rotatable bonds is 2. The first-order valence-electron chi connectivity index (χ1n) is 6.29. The van der Waals surface area contributed by atoms with E-state index >= 15 is 0 Å². The summed E-state index contributed by atoms with van der Waals surface area (Å²) in [5, 5.41) is 4.54. The summed E-state index contributed by atoms with van der Waals surface area (Å²) in [4.78, 5) is 4.45. The van der Waals surface area contributed by atoms with Gasteiger partial charge in [-0.05, 0) is 31.5 Å². The average molecular weight is 249 g/mol. The molecule has 0 amide bonds. The number of hydrogen-bond acceptors (Lipinski definition) is 2. The molecule has 0 atom stereocenters. The van der Waals surface area contributed by atoms with E-state index in [9.17, 15) is 0 Å². The van der Waals surface area contributed by atoms with Crippen molar-refractivity contribution in [2.45, 2.75) is 13.8 Å². The summed E-state index contributed by atoms with van der Waals surface area (Å²) in [5.41, 5.74) is 4.34. The molecule has 0 aliphatic carbocycles. The smallest absolute Gasteiger partial charge is 0.153 e. The van der Waals surface area contributed by atoms with E-state index in [1.807, 2.05) is 55.1 Å². The van der Waals surface area contributed by atoms with Crippen LogP contribution in [0.3, 0.4) is 0 Å². The topological polar surface area (TPSA) is 30.7 Å². The van der Waals surface area contributed by atoms with Crippen molar-refractivity contribution in [3.63, 3.8) is 0 Å². The molecule has 0 bridgehead atoms. The van der Waals surface area contributed by atoms with Crippen molar-refractivity contribution in [1.82, 2.24) is 14.8 Å². The molecule has 3 rings (SSSR count). The van der Waals surface area contributed by atoms with E-state index < -0.39 is 0 Å². The Hall–Kier alpha value is -2.42. The molecule has 0 saturated carbocycles. The highest BCUT2D eigenvalue weighted by Crippen LogP contribution is 2.22. The van der Waals surface area contributed by atoms with E-state index in [2.05, 4.69) is 28.3 Å². The molecule has 0 spiro atoms. The minimum atomic E-state index is 0.845. The van der Waals surface area contributed by atoms with Crippen LogP contribution in [0.5, 0.6) is 0 Å². The lowest BCUT2D eigenvalue weighted by atomic mass is 10.1. The van der Waals surface area contributed by atoms with Gasteiger partial charge in [-0.3, -0.25) is 0 Å². The SMILES string of the molecule is Cc1ccc(-n2nc(C)cc2-c2ccccc2)nc1. The highest BCUT2D eigenvalue weighted by molar-refractivity contribution is 5.61. The largest absolute Gasteiger partial charge is 0.237 e. The molecule has 3 nitrogen and oxygen atoms in total. The average Bonchev–Trinajstić information content (AvgIpc) is 2.83. The molecule has 0 unspecified atom stereocenters. The predicted octanol–water partition coefficient (Wildman–Crippen LogP) is 3.55. The number of hydrogen-bond donors (Lipinski definition) is 0. The van der Waals surface area contributed by atoms with Crippen molar-refractivity contribution < 1.29 is 0 Å². The molecule has 2 aromatic heterocycles. The van der Waals surface area contributed by atoms with Gasteiger partial charge in [-0.25, -0.2) is 9.67 Å². The molecule has 19 heavy (non-hydrogen) atoms. The summed E-state index contributed by atoms with van der Waals surface area (Å²) in [6.07, 6.45) is 1.86. The van der Waals surface area contributed by atoms with Gasteiger partial charge in [-0.1, -0.05) is 36.4 Å². The lowest BCUT2D eigenvalue weighted by Gasteiger charge is -2.06. The second kappa shape index (κ2) is 4.69. The number of benzene rings is 1. The molecule has 0 radical (unpaired) electrons. The molecule has 94 valence electrons. The van der Waals surface area contributed by atoms with Crippen molar-refractivity contribution in [2.24, 2.45) is 0 Å². The van der Waals surface area contributed by atoms with E-state index in [-0.39, 0.29) is 0 Å². The molecular formula is C16H15N3. The summed E-state index contributed by atoms with van der Waals surface area (Å²) >= 11 is 0. The first-order valence-corrected chi connectivity index (χ1v) is 6.29. The molecule has 2 heterocycles. The Morgan fingerprint density at radius 3 is 2.42 bits per heavy atom. The molecule has 1 aromatic carbocycles. The Morgan fingerprint density at radius 2 is 1.74 bits per heavy atom. The van der Waals surface area contributed by atoms with E-state index in [0.29, 0.717) is 0 Å². The number of pyridine rings is 1. The Labute approximate surface area is 112 Å². The molecule has 0 N–H and O–H groups in total. The summed E-state index contributed by atoms with van der Waals surface area (Å²) < 4.78 is 1.89. The lowest BCUT2D eigenvalue weighted by Crippen LogP contribution is -2.01. The van der Waals surface area contributed by atoms with Crippen LogP contribution in [-0.2, 0) is 0 Å². The third-order valence-corrected chi connectivity index (χ3v) is 3.01. The van der Waals surface area contributed by atoms with Crippen molar-refractivity contribution in [3.8, 4) is 17.1 Å². The first-order chi connectivity index (χ1) is 9.24. The zero-order valence-corrected chi connectivity index (χ0v) is 11.0. The van der Waals surface area contributed by atoms with Gasteiger partial charge in [0, 0.05) is 11.8 Å². The molecule has 0 saturated heterocycles. The van der Waals surface area contributed by atoms with Crippen LogP contribution < -0.4 is 0 Å². The van der Waals surface area contributed by atoms with Crippen LogP contribution >= 0.6 is 0 Å². The highest BCUT2D eigenvalue weighted by Gasteiger charge is 2.10. The van der Waals surface area contributed by atoms with Gasteiger partial charge in [0.15, 0.2) is 5.82 Å². The van der Waals surface area contributed by atoms with Crippen LogP contribution in [0.15, 0.2) is 54.7 Å². The summed E-state index contributed by atoms with van der Waals surface area (Å²) in [6.45, 7) is 4.03. The van der Waals surface area contributed by atoms with Crippen molar-refractivity contribution in [2.75, 3.05) is 0 Å². The maximum absolute atomic E-state index is 4.54. The molecule has 0 aliphatic heterocycles. The van der Waals surface area contributed by atoms with Crippen molar-refractivity contribution in [3.05, 3.63) is 66.0 Å². The van der Waals surface area contributed by atoms with E-state index in [4.69, 9.17) is 0 Å². The standard InChI is InChI=1S/C16H15N3/c1-12-8-9-16(17-11-12)19-15(10-13(2)18-19)14-6-4-3-5-7-14/h3-11H,1-2H3. The Morgan fingerprint density at radius 1 is 0.947 bits per heavy atom. The Balaban J connectivity index is 2.15. The third-order valence-electron chi connectivity index (χ3n) is 3.01. The van der Waals surface area contributed by atoms with Gasteiger partial charge in [-0.15, -0.1) is 0 Å². The van der Waals surface area contributed by atoms with Gasteiger partial charge in [0.1, 0.15) is 0 Å². The normalized spacial score (nSPS) is 10.6. The van der Waals surface area contributed by atoms with E-state index in [0.717, 1.165) is 28.3 Å². The van der Waals surface area contributed by atoms with Crippen LogP contribution in [0.2, 0.25) is 0 Å². The van der Waals surface area contributed by atoms with Gasteiger partial charge in [-0.2, -0.15) is 5.10 Å². The second-order valence-electron chi connectivity index (χ2n) is 4.64. The van der Waals surface area contributed by atoms with Crippen molar-refractivity contribution in [1.29, 1.82) is 0 Å². The zero-order valence-electron chi connectivity index (χ0n) is 11.0. The predicted molar refractivity (Wildman–Crippen MR) is 76.3 cm³/mol. The van der Waals surface area contributed by atoms with Crippen LogP contribution in [-0.4, -0.2) is 14.8 Å². The lowest BCUT2D eigenvalue weighted by molar-refractivity contribution is 0.837. The van der Waals surface area contributed by atoms with Gasteiger partial charge in [0.2, 0.25) is 0 Å². The summed E-state index contributed by atoms with van der Waals surface area (Å²) in [6, 6.07) is 16.4. The van der Waals surface area contributed by atoms with Gasteiger partial charge in [0.05, 0.1) is 11.4 Å². The molecule has 3 heteroatoms. The van der Waals surface area contributed by atoms with E-state index in [1.165, 1.54) is 0 Å². The first kappa shape index (κ1) is 11.7. The fourth-order valence-corrected chi connectivity index (χ4v) is 2.07. The second-order valence-corrected chi connectivity index (χ2v) is 4.64. The maximum atomic E-state index is 4.54. The fraction of sp³-hybridized carbons (Fsp3) is 0.125. The van der Waals surface area contributed by atoms with Crippen LogP contribution in [0.4, 0.5) is 0 Å². The Bertz CT molecular complexity index is 682. The molecule has 3 aromatic rings. The summed E-state index contributed by atoms with van der Waals surface area (Å²) in [7, 11) is 0. The molecular weight excluding hydrogens is 234 g/mol. The molecule has 0 fully saturated rings. The minimum Gasteiger partial charge on any atom is -0.237 e. The van der Waals surface area contributed by atoms with Crippen molar-refractivity contribution >= 4 is 0 Å². The number of nitrogens with zero attached hydrogens (tertiary/aromatic N) is 3. The minimum absolute atomic E-state index is 0.845. The number of aryl methyl sites for hydroxylation is 2. The quantitative estimate of drug-likeness (QED) is 0.695. The third kappa shape index (κ3) is 2.27. The van der Waals surface area contributed by atoms with Crippen LogP contribution in [0.25, 0.3) is 17.1 Å². The summed E-state index contributed by atoms with van der Waals surface area (Å²) in [5.74, 6) is 0.845. The maximum Gasteiger partial charge on any atom is 0.153 e. The van der Waals surface area contributed by atoms with Crippen LogP contribution in [0.1, 0.15) is 11.3 Å². The van der Waals surface area contributed by atoms with E-state index in [1.54, 1.807) is 0 Å². The monoisotopic (exact) mass is 249 g/mol. The van der Waals surface area contributed by atoms with Crippen LogP contribution in [0, 0.1) is 13.8 Å². The van der Waals surface area contributed by atoms with Gasteiger partial charge in [0.25, 0.3) is 0 Å². The fourth-order valence-electron chi connectivity index (χ4n) is 2.07. The van der Waals surface area contributed by atoms with Gasteiger partial charge < -0.3 is 0 Å². The number of aromatic nitrogens is 3. The Kier molecular flexibility index (Phi) is 2.88.